The van der Waals surface area contributed by atoms with E-state index in [1.165, 1.54) is 4.88 Å². The lowest BCUT2D eigenvalue weighted by Gasteiger charge is -2.23. The predicted octanol–water partition coefficient (Wildman–Crippen LogP) is 3.50. The molecule has 1 aromatic rings. The average Bonchev–Trinajstić information content (AvgIpc) is 2.81. The van der Waals surface area contributed by atoms with Crippen LogP contribution in [0, 0.1) is 0 Å². The van der Waals surface area contributed by atoms with Crippen LogP contribution in [0.2, 0.25) is 0 Å². The normalized spacial score (nSPS) is 13.0. The molecular weight excluding hydrogens is 218 g/mol. The van der Waals surface area contributed by atoms with E-state index in [1.54, 1.807) is 11.3 Å². The molecule has 0 saturated heterocycles. The Kier molecular flexibility index (Phi) is 5.71. The third-order valence-corrected chi connectivity index (χ3v) is 4.02. The van der Waals surface area contributed by atoms with Crippen LogP contribution in [0.4, 0.5) is 0 Å². The SMILES string of the molecule is CCC(=O)CCCN(C)C(C)c1cccs1. The maximum atomic E-state index is 11.2. The van der Waals surface area contributed by atoms with Gasteiger partial charge in [0.05, 0.1) is 0 Å². The second-order valence-electron chi connectivity index (χ2n) is 4.17. The lowest BCUT2D eigenvalue weighted by atomic mass is 10.1. The van der Waals surface area contributed by atoms with Crippen LogP contribution in [0.5, 0.6) is 0 Å². The van der Waals surface area contributed by atoms with Gasteiger partial charge in [0.2, 0.25) is 0 Å². The third-order valence-electron chi connectivity index (χ3n) is 2.98. The van der Waals surface area contributed by atoms with Crippen molar-refractivity contribution in [3.8, 4) is 0 Å². The summed E-state index contributed by atoms with van der Waals surface area (Å²) in [5.74, 6) is 0.372. The first-order valence-electron chi connectivity index (χ1n) is 5.90. The zero-order valence-corrected chi connectivity index (χ0v) is 11.2. The molecular formula is C13H21NOS. The fourth-order valence-corrected chi connectivity index (χ4v) is 2.49. The molecule has 1 atom stereocenters. The fourth-order valence-electron chi connectivity index (χ4n) is 1.64. The first-order chi connectivity index (χ1) is 7.65. The largest absolute Gasteiger partial charge is 0.300 e. The van der Waals surface area contributed by atoms with Crippen molar-refractivity contribution in [3.63, 3.8) is 0 Å². The number of nitrogens with zero attached hydrogens (tertiary/aromatic N) is 1. The molecule has 1 aromatic heterocycles. The number of rotatable bonds is 7. The summed E-state index contributed by atoms with van der Waals surface area (Å²) >= 11 is 1.80. The van der Waals surface area contributed by atoms with Crippen LogP contribution in [0.1, 0.15) is 44.0 Å². The first-order valence-corrected chi connectivity index (χ1v) is 6.78. The van der Waals surface area contributed by atoms with Gasteiger partial charge >= 0.3 is 0 Å². The van der Waals surface area contributed by atoms with Crippen molar-refractivity contribution < 1.29 is 4.79 Å². The first kappa shape index (κ1) is 13.4. The smallest absolute Gasteiger partial charge is 0.132 e. The van der Waals surface area contributed by atoms with E-state index in [9.17, 15) is 4.79 Å². The summed E-state index contributed by atoms with van der Waals surface area (Å²) in [6.07, 6.45) is 2.36. The zero-order valence-electron chi connectivity index (χ0n) is 10.4. The number of thiophene rings is 1. The van der Waals surface area contributed by atoms with Gasteiger partial charge in [0.15, 0.2) is 0 Å². The van der Waals surface area contributed by atoms with Crippen molar-refractivity contribution in [2.24, 2.45) is 0 Å². The minimum atomic E-state index is 0.372. The van der Waals surface area contributed by atoms with Crippen molar-refractivity contribution in [2.75, 3.05) is 13.6 Å². The van der Waals surface area contributed by atoms with E-state index in [1.807, 2.05) is 6.92 Å². The van der Waals surface area contributed by atoms with Crippen LogP contribution < -0.4 is 0 Å². The van der Waals surface area contributed by atoms with E-state index in [0.717, 1.165) is 19.4 Å². The summed E-state index contributed by atoms with van der Waals surface area (Å²) in [7, 11) is 2.13. The van der Waals surface area contributed by atoms with E-state index >= 15 is 0 Å². The van der Waals surface area contributed by atoms with Crippen molar-refractivity contribution in [2.45, 2.75) is 39.2 Å². The van der Waals surface area contributed by atoms with E-state index in [2.05, 4.69) is 36.4 Å². The van der Waals surface area contributed by atoms with Crippen LogP contribution >= 0.6 is 11.3 Å². The Morgan fingerprint density at radius 2 is 2.31 bits per heavy atom. The minimum absolute atomic E-state index is 0.372. The van der Waals surface area contributed by atoms with Crippen LogP contribution in [-0.4, -0.2) is 24.3 Å². The Balaban J connectivity index is 2.30. The Labute approximate surface area is 102 Å². The van der Waals surface area contributed by atoms with Gasteiger partial charge < -0.3 is 0 Å². The molecule has 0 aliphatic carbocycles. The highest BCUT2D eigenvalue weighted by molar-refractivity contribution is 7.10. The Hall–Kier alpha value is -0.670. The summed E-state index contributed by atoms with van der Waals surface area (Å²) in [5, 5.41) is 2.11. The zero-order chi connectivity index (χ0) is 12.0. The molecule has 0 aromatic carbocycles. The van der Waals surface area contributed by atoms with Gasteiger partial charge in [-0.3, -0.25) is 9.69 Å². The summed E-state index contributed by atoms with van der Waals surface area (Å²) in [4.78, 5) is 14.9. The molecule has 2 nitrogen and oxygen atoms in total. The number of carbonyl (C=O) groups excluding carboxylic acids is 1. The van der Waals surface area contributed by atoms with Gasteiger partial charge in [0.1, 0.15) is 5.78 Å². The molecule has 1 heterocycles. The minimum Gasteiger partial charge on any atom is -0.300 e. The van der Waals surface area contributed by atoms with Crippen LogP contribution in [0.3, 0.4) is 0 Å². The highest BCUT2D eigenvalue weighted by atomic mass is 32.1. The predicted molar refractivity (Wildman–Crippen MR) is 69.9 cm³/mol. The lowest BCUT2D eigenvalue weighted by Crippen LogP contribution is -2.23. The van der Waals surface area contributed by atoms with Crippen molar-refractivity contribution in [1.29, 1.82) is 0 Å². The highest BCUT2D eigenvalue weighted by Crippen LogP contribution is 2.23. The summed E-state index contributed by atoms with van der Waals surface area (Å²) in [5.41, 5.74) is 0. The molecule has 90 valence electrons. The summed E-state index contributed by atoms with van der Waals surface area (Å²) < 4.78 is 0. The standard InChI is InChI=1S/C13H21NOS/c1-4-12(15)7-5-9-14(3)11(2)13-8-6-10-16-13/h6,8,10-11H,4-5,7,9H2,1-3H3. The number of Topliss-reactive ketones (excluding diaryl/α,β-unsaturated/α-hetero) is 1. The van der Waals surface area contributed by atoms with E-state index < -0.39 is 0 Å². The monoisotopic (exact) mass is 239 g/mol. The summed E-state index contributed by atoms with van der Waals surface area (Å²) in [6.45, 7) is 5.14. The third kappa shape index (κ3) is 4.06. The molecule has 0 aliphatic heterocycles. The molecule has 3 heteroatoms. The Morgan fingerprint density at radius 3 is 2.88 bits per heavy atom. The average molecular weight is 239 g/mol. The van der Waals surface area contributed by atoms with Gasteiger partial charge in [-0.25, -0.2) is 0 Å². The van der Waals surface area contributed by atoms with Crippen LogP contribution in [0.25, 0.3) is 0 Å². The maximum Gasteiger partial charge on any atom is 0.132 e. The Morgan fingerprint density at radius 1 is 1.56 bits per heavy atom. The Bertz CT molecular complexity index is 308. The number of ketones is 1. The molecule has 0 saturated carbocycles. The lowest BCUT2D eigenvalue weighted by molar-refractivity contribution is -0.118. The molecule has 0 fully saturated rings. The van der Waals surface area contributed by atoms with Gasteiger partial charge in [-0.05, 0) is 38.4 Å². The molecule has 0 N–H and O–H groups in total. The van der Waals surface area contributed by atoms with E-state index in [0.29, 0.717) is 18.2 Å². The molecule has 0 bridgehead atoms. The number of hydrogen-bond donors (Lipinski definition) is 0. The molecule has 1 rings (SSSR count). The van der Waals surface area contributed by atoms with Crippen molar-refractivity contribution in [1.82, 2.24) is 4.90 Å². The fraction of sp³-hybridized carbons (Fsp3) is 0.615. The van der Waals surface area contributed by atoms with Gasteiger partial charge in [-0.15, -0.1) is 11.3 Å². The van der Waals surface area contributed by atoms with Crippen LogP contribution in [0.15, 0.2) is 17.5 Å². The van der Waals surface area contributed by atoms with Crippen molar-refractivity contribution >= 4 is 17.1 Å². The number of carbonyl (C=O) groups is 1. The number of hydrogen-bond acceptors (Lipinski definition) is 3. The van der Waals surface area contributed by atoms with E-state index in [4.69, 9.17) is 0 Å². The second-order valence-corrected chi connectivity index (χ2v) is 5.15. The topological polar surface area (TPSA) is 20.3 Å². The molecule has 0 amide bonds. The van der Waals surface area contributed by atoms with Crippen LogP contribution in [-0.2, 0) is 4.79 Å². The van der Waals surface area contributed by atoms with Gasteiger partial charge in [0, 0.05) is 23.8 Å². The van der Waals surface area contributed by atoms with Gasteiger partial charge in [-0.1, -0.05) is 13.0 Å². The summed E-state index contributed by atoms with van der Waals surface area (Å²) in [6, 6.07) is 4.71. The quantitative estimate of drug-likeness (QED) is 0.726. The molecule has 0 aliphatic rings. The second kappa shape index (κ2) is 6.81. The highest BCUT2D eigenvalue weighted by Gasteiger charge is 2.12. The molecule has 0 radical (unpaired) electrons. The van der Waals surface area contributed by atoms with Crippen molar-refractivity contribution in [3.05, 3.63) is 22.4 Å². The molecule has 0 spiro atoms. The van der Waals surface area contributed by atoms with E-state index in [-0.39, 0.29) is 0 Å². The van der Waals surface area contributed by atoms with Gasteiger partial charge in [0.25, 0.3) is 0 Å². The molecule has 16 heavy (non-hydrogen) atoms. The molecule has 1 unspecified atom stereocenters. The van der Waals surface area contributed by atoms with Gasteiger partial charge in [-0.2, -0.15) is 0 Å². The maximum absolute atomic E-state index is 11.2.